The fraction of sp³-hybridized carbons (Fsp3) is 0.300. The smallest absolute Gasteiger partial charge is 0.252 e. The van der Waals surface area contributed by atoms with Crippen LogP contribution in [-0.2, 0) is 0 Å². The van der Waals surface area contributed by atoms with Crippen molar-refractivity contribution in [2.24, 2.45) is 11.5 Å². The third-order valence-electron chi connectivity index (χ3n) is 5.07. The number of amides is 1. The molecule has 3 aromatic heterocycles. The van der Waals surface area contributed by atoms with E-state index in [1.807, 2.05) is 18.3 Å². The second-order valence-electron chi connectivity index (χ2n) is 7.16. The van der Waals surface area contributed by atoms with Gasteiger partial charge in [0.15, 0.2) is 0 Å². The fourth-order valence-electron chi connectivity index (χ4n) is 3.54. The maximum Gasteiger partial charge on any atom is 0.252 e. The summed E-state index contributed by atoms with van der Waals surface area (Å²) in [6.45, 7) is 0. The van der Waals surface area contributed by atoms with Gasteiger partial charge in [-0.1, -0.05) is 12.8 Å². The minimum absolute atomic E-state index is 0.0905. The van der Waals surface area contributed by atoms with E-state index in [9.17, 15) is 4.79 Å². The van der Waals surface area contributed by atoms with Gasteiger partial charge >= 0.3 is 0 Å². The Morgan fingerprint density at radius 3 is 2.83 bits per heavy atom. The van der Waals surface area contributed by atoms with Gasteiger partial charge in [0.25, 0.3) is 5.91 Å². The van der Waals surface area contributed by atoms with Gasteiger partial charge in [0, 0.05) is 24.5 Å². The van der Waals surface area contributed by atoms with Crippen molar-refractivity contribution in [3.8, 4) is 5.69 Å². The summed E-state index contributed by atoms with van der Waals surface area (Å²) in [6.07, 6.45) is 11.2. The van der Waals surface area contributed by atoms with E-state index in [2.05, 4.69) is 25.7 Å². The summed E-state index contributed by atoms with van der Waals surface area (Å²) in [6, 6.07) is 7.37. The molecule has 0 radical (unpaired) electrons. The van der Waals surface area contributed by atoms with Crippen molar-refractivity contribution >= 4 is 23.2 Å². The highest BCUT2D eigenvalue weighted by molar-refractivity contribution is 5.98. The van der Waals surface area contributed by atoms with Gasteiger partial charge < -0.3 is 22.1 Å². The molecule has 0 aromatic carbocycles. The Bertz CT molecular complexity index is 988. The van der Waals surface area contributed by atoms with Gasteiger partial charge in [-0.25, -0.2) is 9.67 Å². The van der Waals surface area contributed by atoms with Crippen molar-refractivity contribution in [3.05, 3.63) is 54.6 Å². The normalized spacial score (nSPS) is 18.9. The number of pyridine rings is 2. The van der Waals surface area contributed by atoms with Crippen LogP contribution in [0.5, 0.6) is 0 Å². The van der Waals surface area contributed by atoms with Crippen LogP contribution in [0.25, 0.3) is 5.69 Å². The molecule has 6 N–H and O–H groups in total. The first-order chi connectivity index (χ1) is 14.1. The van der Waals surface area contributed by atoms with E-state index in [4.69, 9.17) is 11.5 Å². The number of carbonyl (C=O) groups is 1. The topological polar surface area (TPSA) is 137 Å². The number of nitrogens with two attached hydrogens (primary N) is 2. The molecule has 0 saturated heterocycles. The van der Waals surface area contributed by atoms with Crippen LogP contribution in [0.3, 0.4) is 0 Å². The number of anilines is 3. The minimum atomic E-state index is -0.558. The van der Waals surface area contributed by atoms with E-state index in [0.717, 1.165) is 31.4 Å². The predicted octanol–water partition coefficient (Wildman–Crippen LogP) is 2.19. The summed E-state index contributed by atoms with van der Waals surface area (Å²) in [4.78, 5) is 20.7. The molecule has 29 heavy (non-hydrogen) atoms. The largest absolute Gasteiger partial charge is 0.366 e. The lowest BCUT2D eigenvalue weighted by atomic mass is 9.91. The third kappa shape index (κ3) is 4.35. The van der Waals surface area contributed by atoms with Crippen LogP contribution in [0.4, 0.5) is 17.3 Å². The maximum atomic E-state index is 11.9. The van der Waals surface area contributed by atoms with Crippen molar-refractivity contribution in [1.29, 1.82) is 0 Å². The molecule has 150 valence electrons. The fourth-order valence-corrected chi connectivity index (χ4v) is 3.54. The second kappa shape index (κ2) is 8.27. The highest BCUT2D eigenvalue weighted by Gasteiger charge is 2.22. The molecule has 9 heteroatoms. The Labute approximate surface area is 168 Å². The van der Waals surface area contributed by atoms with E-state index in [-0.39, 0.29) is 12.1 Å². The minimum Gasteiger partial charge on any atom is -0.366 e. The SMILES string of the molecule is NC(=O)c1ccc(N[C@@H]2CCCCC2N)nc1Nc1cncc(-n2cccn2)c1. The monoisotopic (exact) mass is 392 g/mol. The molecule has 4 rings (SSSR count). The number of rotatable bonds is 6. The predicted molar refractivity (Wildman–Crippen MR) is 111 cm³/mol. The lowest BCUT2D eigenvalue weighted by Crippen LogP contribution is -2.42. The van der Waals surface area contributed by atoms with Crippen LogP contribution >= 0.6 is 0 Å². The maximum absolute atomic E-state index is 11.9. The zero-order valence-corrected chi connectivity index (χ0v) is 16.0. The first kappa shape index (κ1) is 18.9. The molecule has 0 spiro atoms. The first-order valence-corrected chi connectivity index (χ1v) is 9.65. The second-order valence-corrected chi connectivity index (χ2v) is 7.16. The van der Waals surface area contributed by atoms with Gasteiger partial charge in [0.05, 0.1) is 29.3 Å². The van der Waals surface area contributed by atoms with Crippen LogP contribution in [0.1, 0.15) is 36.0 Å². The molecule has 1 aliphatic carbocycles. The van der Waals surface area contributed by atoms with E-state index in [1.165, 1.54) is 0 Å². The lowest BCUT2D eigenvalue weighted by molar-refractivity contribution is 0.100. The number of nitrogens with zero attached hydrogens (tertiary/aromatic N) is 4. The van der Waals surface area contributed by atoms with Gasteiger partial charge in [0.2, 0.25) is 0 Å². The molecule has 1 fully saturated rings. The highest BCUT2D eigenvalue weighted by Crippen LogP contribution is 2.25. The molecule has 3 heterocycles. The number of aromatic nitrogens is 4. The van der Waals surface area contributed by atoms with Crippen LogP contribution in [0, 0.1) is 0 Å². The van der Waals surface area contributed by atoms with Gasteiger partial charge in [-0.15, -0.1) is 0 Å². The van der Waals surface area contributed by atoms with Crippen molar-refractivity contribution in [3.63, 3.8) is 0 Å². The molecule has 1 saturated carbocycles. The number of hydrogen-bond acceptors (Lipinski definition) is 7. The number of nitrogens with one attached hydrogen (secondary N) is 2. The Morgan fingerprint density at radius 1 is 1.21 bits per heavy atom. The molecular weight excluding hydrogens is 368 g/mol. The number of hydrogen-bond donors (Lipinski definition) is 4. The summed E-state index contributed by atoms with van der Waals surface area (Å²) >= 11 is 0. The summed E-state index contributed by atoms with van der Waals surface area (Å²) in [5.41, 5.74) is 13.5. The summed E-state index contributed by atoms with van der Waals surface area (Å²) < 4.78 is 1.70. The summed E-state index contributed by atoms with van der Waals surface area (Å²) in [5, 5.41) is 10.8. The average Bonchev–Trinajstić information content (AvgIpc) is 3.25. The third-order valence-corrected chi connectivity index (χ3v) is 5.07. The Kier molecular flexibility index (Phi) is 5.39. The van der Waals surface area contributed by atoms with Crippen molar-refractivity contribution in [2.45, 2.75) is 37.8 Å². The van der Waals surface area contributed by atoms with Crippen molar-refractivity contribution in [2.75, 3.05) is 10.6 Å². The van der Waals surface area contributed by atoms with Crippen molar-refractivity contribution in [1.82, 2.24) is 19.7 Å². The molecule has 0 bridgehead atoms. The molecular formula is C20H24N8O. The molecule has 1 unspecified atom stereocenters. The van der Waals surface area contributed by atoms with Crippen LogP contribution < -0.4 is 22.1 Å². The molecule has 3 aromatic rings. The zero-order chi connectivity index (χ0) is 20.2. The summed E-state index contributed by atoms with van der Waals surface area (Å²) in [7, 11) is 0. The lowest BCUT2D eigenvalue weighted by Gasteiger charge is -2.29. The van der Waals surface area contributed by atoms with Gasteiger partial charge in [-0.2, -0.15) is 5.10 Å². The van der Waals surface area contributed by atoms with Crippen LogP contribution in [0.15, 0.2) is 49.1 Å². The van der Waals surface area contributed by atoms with Crippen LogP contribution in [-0.4, -0.2) is 37.7 Å². The first-order valence-electron chi connectivity index (χ1n) is 9.65. The Morgan fingerprint density at radius 2 is 2.07 bits per heavy atom. The molecule has 2 atom stereocenters. The molecule has 1 aliphatic rings. The van der Waals surface area contributed by atoms with Gasteiger partial charge in [0.1, 0.15) is 11.6 Å². The van der Waals surface area contributed by atoms with E-state index in [1.54, 1.807) is 35.4 Å². The number of carbonyl (C=O) groups excluding carboxylic acids is 1. The van der Waals surface area contributed by atoms with E-state index < -0.39 is 5.91 Å². The Hall–Kier alpha value is -3.46. The number of primary amides is 1. The molecule has 1 amide bonds. The average molecular weight is 392 g/mol. The molecule has 0 aliphatic heterocycles. The molecule has 9 nitrogen and oxygen atoms in total. The zero-order valence-electron chi connectivity index (χ0n) is 16.0. The van der Waals surface area contributed by atoms with E-state index >= 15 is 0 Å². The summed E-state index contributed by atoms with van der Waals surface area (Å²) in [5.74, 6) is 0.458. The van der Waals surface area contributed by atoms with E-state index in [0.29, 0.717) is 22.9 Å². The quantitative estimate of drug-likeness (QED) is 0.504. The van der Waals surface area contributed by atoms with Gasteiger partial charge in [-0.05, 0) is 37.1 Å². The van der Waals surface area contributed by atoms with Crippen LogP contribution in [0.2, 0.25) is 0 Å². The highest BCUT2D eigenvalue weighted by atomic mass is 16.1. The standard InChI is InChI=1S/C20H24N8O/c21-16-4-1-2-5-17(16)26-18-7-6-15(19(22)29)20(27-18)25-13-10-14(12-23-11-13)28-9-3-8-24-28/h3,6-12,16-17H,1-2,4-5,21H2,(H2,22,29)(H2,25,26,27)/t16?,17-/m1/s1. The van der Waals surface area contributed by atoms with Crippen molar-refractivity contribution < 1.29 is 4.79 Å². The Balaban J connectivity index is 1.60. The van der Waals surface area contributed by atoms with Gasteiger partial charge in [-0.3, -0.25) is 9.78 Å².